The number of hydrogen-bond donors (Lipinski definition) is 1. The molecule has 2 aliphatic rings. The van der Waals surface area contributed by atoms with Crippen molar-refractivity contribution in [2.75, 3.05) is 32.9 Å². The number of morpholine rings is 1. The lowest BCUT2D eigenvalue weighted by Crippen LogP contribution is -2.58. The molecule has 0 radical (unpaired) electrons. The molecule has 18 heavy (non-hydrogen) atoms. The Kier molecular flexibility index (Phi) is 4.59. The van der Waals surface area contributed by atoms with Crippen LogP contribution in [-0.2, 0) is 14.3 Å². The zero-order valence-electron chi connectivity index (χ0n) is 11.2. The van der Waals surface area contributed by atoms with E-state index in [9.17, 15) is 4.79 Å². The van der Waals surface area contributed by atoms with Crippen LogP contribution in [0, 0.1) is 0 Å². The van der Waals surface area contributed by atoms with Crippen molar-refractivity contribution in [1.82, 2.24) is 4.90 Å². The van der Waals surface area contributed by atoms with Crippen LogP contribution in [0.2, 0.25) is 0 Å². The van der Waals surface area contributed by atoms with Crippen LogP contribution in [0.5, 0.6) is 0 Å². The topological polar surface area (TPSA) is 64.8 Å². The van der Waals surface area contributed by atoms with Gasteiger partial charge in [-0.1, -0.05) is 13.3 Å². The molecule has 104 valence electrons. The van der Waals surface area contributed by atoms with Crippen molar-refractivity contribution < 1.29 is 14.3 Å². The van der Waals surface area contributed by atoms with Gasteiger partial charge in [0.05, 0.1) is 18.2 Å². The number of nitrogens with zero attached hydrogens (tertiary/aromatic N) is 1. The number of nitrogens with two attached hydrogens (primary N) is 1. The molecule has 1 atom stereocenters. The molecule has 0 saturated carbocycles. The van der Waals surface area contributed by atoms with E-state index in [2.05, 4.69) is 0 Å². The molecule has 0 aromatic heterocycles. The normalized spacial score (nSPS) is 25.1. The second-order valence-electron chi connectivity index (χ2n) is 5.30. The van der Waals surface area contributed by atoms with Crippen LogP contribution in [0.3, 0.4) is 0 Å². The summed E-state index contributed by atoms with van der Waals surface area (Å²) in [5.74, 6) is 0.0750. The molecule has 1 spiro atoms. The number of amides is 1. The van der Waals surface area contributed by atoms with Crippen molar-refractivity contribution in [2.45, 2.75) is 44.2 Å². The molecule has 0 aromatic carbocycles. The summed E-state index contributed by atoms with van der Waals surface area (Å²) >= 11 is 0. The highest BCUT2D eigenvalue weighted by Crippen LogP contribution is 2.29. The average molecular weight is 256 g/mol. The smallest absolute Gasteiger partial charge is 0.239 e. The van der Waals surface area contributed by atoms with Gasteiger partial charge in [-0.3, -0.25) is 4.79 Å². The highest BCUT2D eigenvalue weighted by atomic mass is 16.5. The van der Waals surface area contributed by atoms with E-state index >= 15 is 0 Å². The minimum absolute atomic E-state index is 0.0750. The molecule has 0 aromatic rings. The Morgan fingerprint density at radius 2 is 2.11 bits per heavy atom. The summed E-state index contributed by atoms with van der Waals surface area (Å²) in [7, 11) is 0. The van der Waals surface area contributed by atoms with Crippen LogP contribution < -0.4 is 5.73 Å². The van der Waals surface area contributed by atoms with Gasteiger partial charge in [0.25, 0.3) is 0 Å². The van der Waals surface area contributed by atoms with Crippen LogP contribution in [0.4, 0.5) is 0 Å². The first kappa shape index (κ1) is 13.8. The molecule has 2 aliphatic heterocycles. The Hall–Kier alpha value is -0.650. The molecule has 5 nitrogen and oxygen atoms in total. The van der Waals surface area contributed by atoms with Crippen molar-refractivity contribution >= 4 is 5.91 Å². The summed E-state index contributed by atoms with van der Waals surface area (Å²) < 4.78 is 11.3. The lowest BCUT2D eigenvalue weighted by Gasteiger charge is -2.45. The van der Waals surface area contributed by atoms with Crippen LogP contribution in [0.15, 0.2) is 0 Å². The minimum atomic E-state index is -0.356. The zero-order chi connectivity index (χ0) is 13.0. The lowest BCUT2D eigenvalue weighted by molar-refractivity contribution is -0.168. The second-order valence-corrected chi connectivity index (χ2v) is 5.30. The standard InChI is InChI=1S/C13H24N2O3/c1-2-3-11(14)12(16)15-6-9-18-13(10-15)4-7-17-8-5-13/h11H,2-10,14H2,1H3. The fraction of sp³-hybridized carbons (Fsp3) is 0.923. The highest BCUT2D eigenvalue weighted by Gasteiger charge is 2.40. The Bertz CT molecular complexity index is 284. The second kappa shape index (κ2) is 5.99. The van der Waals surface area contributed by atoms with Gasteiger partial charge >= 0.3 is 0 Å². The van der Waals surface area contributed by atoms with Gasteiger partial charge in [0.15, 0.2) is 0 Å². The number of carbonyl (C=O) groups excluding carboxylic acids is 1. The molecule has 2 heterocycles. The Balaban J connectivity index is 1.95. The van der Waals surface area contributed by atoms with Crippen molar-refractivity contribution in [3.8, 4) is 0 Å². The van der Waals surface area contributed by atoms with Gasteiger partial charge in [-0.25, -0.2) is 0 Å². The predicted molar refractivity (Wildman–Crippen MR) is 68.2 cm³/mol. The van der Waals surface area contributed by atoms with Crippen LogP contribution in [-0.4, -0.2) is 55.4 Å². The molecule has 1 unspecified atom stereocenters. The van der Waals surface area contributed by atoms with E-state index in [1.807, 2.05) is 11.8 Å². The van der Waals surface area contributed by atoms with Gasteiger partial charge in [0, 0.05) is 39.1 Å². The van der Waals surface area contributed by atoms with E-state index in [-0.39, 0.29) is 17.6 Å². The molecular weight excluding hydrogens is 232 g/mol. The quantitative estimate of drug-likeness (QED) is 0.799. The molecule has 0 bridgehead atoms. The van der Waals surface area contributed by atoms with Crippen molar-refractivity contribution in [2.24, 2.45) is 5.73 Å². The van der Waals surface area contributed by atoms with Gasteiger partial charge in [0.1, 0.15) is 0 Å². The molecule has 1 amide bonds. The third-order valence-electron chi connectivity index (χ3n) is 3.88. The lowest BCUT2D eigenvalue weighted by atomic mass is 9.91. The maximum atomic E-state index is 12.2. The zero-order valence-corrected chi connectivity index (χ0v) is 11.2. The van der Waals surface area contributed by atoms with E-state index in [0.29, 0.717) is 19.7 Å². The average Bonchev–Trinajstić information content (AvgIpc) is 2.39. The predicted octanol–water partition coefficient (Wildman–Crippen LogP) is 0.522. The molecule has 2 fully saturated rings. The summed E-state index contributed by atoms with van der Waals surface area (Å²) in [5.41, 5.74) is 5.74. The number of rotatable bonds is 3. The Morgan fingerprint density at radius 3 is 2.78 bits per heavy atom. The Labute approximate surface area is 109 Å². The summed E-state index contributed by atoms with van der Waals surface area (Å²) in [4.78, 5) is 14.1. The first-order valence-corrected chi connectivity index (χ1v) is 6.93. The molecule has 5 heteroatoms. The molecule has 0 aliphatic carbocycles. The summed E-state index contributed by atoms with van der Waals surface area (Å²) in [6, 6.07) is -0.356. The monoisotopic (exact) mass is 256 g/mol. The summed E-state index contributed by atoms with van der Waals surface area (Å²) in [6.07, 6.45) is 3.45. The van der Waals surface area contributed by atoms with Crippen molar-refractivity contribution in [1.29, 1.82) is 0 Å². The van der Waals surface area contributed by atoms with Gasteiger partial charge < -0.3 is 20.1 Å². The first-order valence-electron chi connectivity index (χ1n) is 6.93. The molecule has 2 N–H and O–H groups in total. The third-order valence-corrected chi connectivity index (χ3v) is 3.88. The maximum absolute atomic E-state index is 12.2. The molecule has 2 rings (SSSR count). The van der Waals surface area contributed by atoms with E-state index in [0.717, 1.165) is 38.9 Å². The van der Waals surface area contributed by atoms with Crippen molar-refractivity contribution in [3.63, 3.8) is 0 Å². The largest absolute Gasteiger partial charge is 0.381 e. The van der Waals surface area contributed by atoms with E-state index in [4.69, 9.17) is 15.2 Å². The first-order chi connectivity index (χ1) is 8.67. The third kappa shape index (κ3) is 3.02. The van der Waals surface area contributed by atoms with Crippen molar-refractivity contribution in [3.05, 3.63) is 0 Å². The number of carbonyl (C=O) groups is 1. The van der Waals surface area contributed by atoms with Gasteiger partial charge in [0.2, 0.25) is 5.91 Å². The fourth-order valence-electron chi connectivity index (χ4n) is 2.75. The van der Waals surface area contributed by atoms with E-state index < -0.39 is 0 Å². The number of hydrogen-bond acceptors (Lipinski definition) is 4. The number of ether oxygens (including phenoxy) is 2. The van der Waals surface area contributed by atoms with E-state index in [1.54, 1.807) is 0 Å². The highest BCUT2D eigenvalue weighted by molar-refractivity contribution is 5.81. The van der Waals surface area contributed by atoms with Gasteiger partial charge in [-0.15, -0.1) is 0 Å². The van der Waals surface area contributed by atoms with Crippen LogP contribution in [0.1, 0.15) is 32.6 Å². The van der Waals surface area contributed by atoms with E-state index in [1.165, 1.54) is 0 Å². The summed E-state index contributed by atoms with van der Waals surface area (Å²) in [6.45, 7) is 5.45. The van der Waals surface area contributed by atoms with Crippen LogP contribution in [0.25, 0.3) is 0 Å². The molecular formula is C13H24N2O3. The SMILES string of the molecule is CCCC(N)C(=O)N1CCOC2(CCOCC2)C1. The fourth-order valence-corrected chi connectivity index (χ4v) is 2.75. The van der Waals surface area contributed by atoms with Gasteiger partial charge in [-0.05, 0) is 6.42 Å². The minimum Gasteiger partial charge on any atom is -0.381 e. The van der Waals surface area contributed by atoms with Gasteiger partial charge in [-0.2, -0.15) is 0 Å². The molecule has 2 saturated heterocycles. The Morgan fingerprint density at radius 1 is 1.39 bits per heavy atom. The van der Waals surface area contributed by atoms with Crippen LogP contribution >= 0.6 is 0 Å². The maximum Gasteiger partial charge on any atom is 0.239 e. The summed E-state index contributed by atoms with van der Waals surface area (Å²) in [5, 5.41) is 0.